The highest BCUT2D eigenvalue weighted by molar-refractivity contribution is 5.74. The van der Waals surface area contributed by atoms with Gasteiger partial charge in [0.15, 0.2) is 0 Å². The van der Waals surface area contributed by atoms with Crippen LogP contribution in [0.2, 0.25) is 0 Å². The van der Waals surface area contributed by atoms with Crippen LogP contribution in [-0.4, -0.2) is 93.7 Å². The van der Waals surface area contributed by atoms with Crippen LogP contribution in [0, 0.1) is 5.41 Å². The minimum Gasteiger partial charge on any atom is -0.497 e. The quantitative estimate of drug-likeness (QED) is 0.730. The van der Waals surface area contributed by atoms with E-state index >= 15 is 0 Å². The van der Waals surface area contributed by atoms with Gasteiger partial charge < -0.3 is 29.3 Å². The van der Waals surface area contributed by atoms with Gasteiger partial charge in [-0.2, -0.15) is 13.2 Å². The maximum atomic E-state index is 12.4. The van der Waals surface area contributed by atoms with E-state index in [0.717, 1.165) is 58.0 Å². The van der Waals surface area contributed by atoms with Gasteiger partial charge in [0.25, 0.3) is 0 Å². The number of anilines is 1. The molecule has 1 atom stereocenters. The highest BCUT2D eigenvalue weighted by Gasteiger charge is 2.41. The second-order valence-corrected chi connectivity index (χ2v) is 8.18. The molecule has 1 aromatic carbocycles. The summed E-state index contributed by atoms with van der Waals surface area (Å²) in [6.45, 7) is 4.82. The van der Waals surface area contributed by atoms with Crippen molar-refractivity contribution in [1.29, 1.82) is 0 Å². The number of hydrogen-bond donors (Lipinski definition) is 1. The Bertz CT molecular complexity index is 773. The number of halogens is 3. The molecule has 2 aliphatic rings. The maximum absolute atomic E-state index is 12.4. The Kier molecular flexibility index (Phi) is 8.59. The second-order valence-electron chi connectivity index (χ2n) is 8.18. The lowest BCUT2D eigenvalue weighted by Gasteiger charge is -2.44. The summed E-state index contributed by atoms with van der Waals surface area (Å²) in [5.41, 5.74) is 1.18. The van der Waals surface area contributed by atoms with Gasteiger partial charge in [-0.1, -0.05) is 0 Å². The van der Waals surface area contributed by atoms with Gasteiger partial charge in [-0.05, 0) is 37.1 Å². The Morgan fingerprint density at radius 3 is 2.31 bits per heavy atom. The van der Waals surface area contributed by atoms with Crippen molar-refractivity contribution in [2.75, 3.05) is 65.5 Å². The van der Waals surface area contributed by atoms with Crippen molar-refractivity contribution in [1.82, 2.24) is 9.80 Å². The molecule has 2 saturated heterocycles. The summed E-state index contributed by atoms with van der Waals surface area (Å²) in [5, 5.41) is 7.12. The number of ether oxygens (including phenoxy) is 2. The zero-order valence-corrected chi connectivity index (χ0v) is 18.5. The van der Waals surface area contributed by atoms with E-state index < -0.39 is 12.1 Å². The van der Waals surface area contributed by atoms with Gasteiger partial charge in [0.1, 0.15) is 5.75 Å². The van der Waals surface area contributed by atoms with E-state index in [1.54, 1.807) is 12.0 Å². The van der Waals surface area contributed by atoms with Crippen molar-refractivity contribution < 1.29 is 37.3 Å². The van der Waals surface area contributed by atoms with Crippen molar-refractivity contribution in [3.8, 4) is 5.75 Å². The molecule has 1 unspecified atom stereocenters. The maximum Gasteiger partial charge on any atom is 0.490 e. The number of rotatable bonds is 2. The molecule has 2 heterocycles. The van der Waals surface area contributed by atoms with E-state index in [9.17, 15) is 18.0 Å². The van der Waals surface area contributed by atoms with Crippen molar-refractivity contribution in [2.45, 2.75) is 19.0 Å². The van der Waals surface area contributed by atoms with Crippen LogP contribution in [0.25, 0.3) is 0 Å². The largest absolute Gasteiger partial charge is 0.497 e. The topological polar surface area (TPSA) is 82.6 Å². The summed E-state index contributed by atoms with van der Waals surface area (Å²) < 4.78 is 43.0. The first-order valence-corrected chi connectivity index (χ1v) is 10.2. The molecule has 0 aliphatic carbocycles. The third-order valence-electron chi connectivity index (χ3n) is 5.43. The number of benzene rings is 1. The molecule has 0 radical (unpaired) electrons. The van der Waals surface area contributed by atoms with Crippen LogP contribution >= 0.6 is 0 Å². The predicted molar refractivity (Wildman–Crippen MR) is 112 cm³/mol. The molecule has 2 fully saturated rings. The van der Waals surface area contributed by atoms with Crippen LogP contribution in [0.15, 0.2) is 24.3 Å². The number of carbonyl (C=O) groups is 2. The molecule has 11 heteroatoms. The Balaban J connectivity index is 0.000000451. The number of carboxylic acids is 1. The second kappa shape index (κ2) is 10.8. The fourth-order valence-electron chi connectivity index (χ4n) is 3.91. The average Bonchev–Trinajstić information content (AvgIpc) is 2.95. The Morgan fingerprint density at radius 2 is 1.78 bits per heavy atom. The van der Waals surface area contributed by atoms with E-state index in [-0.39, 0.29) is 11.4 Å². The monoisotopic (exact) mass is 461 g/mol. The third-order valence-corrected chi connectivity index (χ3v) is 5.43. The average molecular weight is 461 g/mol. The van der Waals surface area contributed by atoms with E-state index in [1.165, 1.54) is 5.69 Å². The summed E-state index contributed by atoms with van der Waals surface area (Å²) in [6.07, 6.45) is -2.96. The Morgan fingerprint density at radius 1 is 1.16 bits per heavy atom. The van der Waals surface area contributed by atoms with E-state index in [2.05, 4.69) is 17.0 Å². The minimum absolute atomic E-state index is 0.000345. The summed E-state index contributed by atoms with van der Waals surface area (Å²) >= 11 is 0. The first-order chi connectivity index (χ1) is 15.0. The number of alkyl halides is 3. The number of piperidine rings is 1. The fourth-order valence-corrected chi connectivity index (χ4v) is 3.91. The van der Waals surface area contributed by atoms with Gasteiger partial charge in [-0.15, -0.1) is 0 Å². The molecule has 0 aromatic heterocycles. The third kappa shape index (κ3) is 6.91. The number of carbonyl (C=O) groups excluding carboxylic acids is 1. The molecule has 3 rings (SSSR count). The lowest BCUT2D eigenvalue weighted by atomic mass is 9.80. The first kappa shape index (κ1) is 25.6. The summed E-state index contributed by atoms with van der Waals surface area (Å²) in [6, 6.07) is 8.29. The molecule has 0 saturated carbocycles. The molecule has 1 aromatic rings. The minimum atomic E-state index is -5.08. The van der Waals surface area contributed by atoms with Crippen LogP contribution in [0.5, 0.6) is 5.75 Å². The van der Waals surface area contributed by atoms with Crippen LogP contribution in [0.4, 0.5) is 23.7 Å². The van der Waals surface area contributed by atoms with E-state index in [1.807, 2.05) is 31.1 Å². The zero-order chi connectivity index (χ0) is 23.9. The number of hydrogen-bond acceptors (Lipinski definition) is 5. The SMILES string of the molecule is COc1ccc(N2CCOCC3(CCCN(C(=O)N(C)C)C3)C2)cc1.O=C(O)C(F)(F)F. The Hall–Kier alpha value is -2.69. The van der Waals surface area contributed by atoms with Crippen LogP contribution in [0.1, 0.15) is 12.8 Å². The highest BCUT2D eigenvalue weighted by Crippen LogP contribution is 2.35. The zero-order valence-electron chi connectivity index (χ0n) is 18.5. The number of likely N-dealkylation sites (tertiary alicyclic amines) is 1. The molecule has 0 bridgehead atoms. The molecule has 180 valence electrons. The highest BCUT2D eigenvalue weighted by atomic mass is 19.4. The van der Waals surface area contributed by atoms with Crippen LogP contribution in [0.3, 0.4) is 0 Å². The van der Waals surface area contributed by atoms with Gasteiger partial charge in [-0.3, -0.25) is 0 Å². The summed E-state index contributed by atoms with van der Waals surface area (Å²) in [4.78, 5) is 27.3. The standard InChI is InChI=1S/C19H29N3O3.C2HF3O2/c1-20(2)18(23)22-10-4-9-19(14-22)13-21(11-12-25-15-19)16-5-7-17(24-3)8-6-16;3-2(4,5)1(6)7/h5-8H,4,9-15H2,1-3H3;(H,6,7). The van der Waals surface area contributed by atoms with Gasteiger partial charge in [0, 0.05) is 51.4 Å². The molecular weight excluding hydrogens is 431 g/mol. The molecule has 8 nitrogen and oxygen atoms in total. The first-order valence-electron chi connectivity index (χ1n) is 10.2. The lowest BCUT2D eigenvalue weighted by molar-refractivity contribution is -0.192. The van der Waals surface area contributed by atoms with Crippen molar-refractivity contribution in [3.63, 3.8) is 0 Å². The van der Waals surface area contributed by atoms with E-state index in [4.69, 9.17) is 19.4 Å². The number of nitrogens with zero attached hydrogens (tertiary/aromatic N) is 3. The molecule has 1 spiro atoms. The number of urea groups is 1. The number of amides is 2. The van der Waals surface area contributed by atoms with Gasteiger partial charge in [-0.25, -0.2) is 9.59 Å². The van der Waals surface area contributed by atoms with Crippen LogP contribution < -0.4 is 9.64 Å². The van der Waals surface area contributed by atoms with Gasteiger partial charge in [0.05, 0.1) is 20.3 Å². The predicted octanol–water partition coefficient (Wildman–Crippen LogP) is 2.93. The molecule has 32 heavy (non-hydrogen) atoms. The van der Waals surface area contributed by atoms with Crippen molar-refractivity contribution >= 4 is 17.7 Å². The molecule has 1 N–H and O–H groups in total. The van der Waals surface area contributed by atoms with Crippen LogP contribution in [-0.2, 0) is 9.53 Å². The Labute approximate surface area is 185 Å². The summed E-state index contributed by atoms with van der Waals surface area (Å²) in [7, 11) is 5.32. The smallest absolute Gasteiger partial charge is 0.490 e. The van der Waals surface area contributed by atoms with Gasteiger partial charge in [0.2, 0.25) is 0 Å². The van der Waals surface area contributed by atoms with Gasteiger partial charge >= 0.3 is 18.2 Å². The number of methoxy groups -OCH3 is 1. The molecule has 2 amide bonds. The van der Waals surface area contributed by atoms with Crippen molar-refractivity contribution in [2.24, 2.45) is 5.41 Å². The summed E-state index contributed by atoms with van der Waals surface area (Å²) in [5.74, 6) is -1.89. The normalized spacial score (nSPS) is 21.3. The van der Waals surface area contributed by atoms with E-state index in [0.29, 0.717) is 0 Å². The molecular formula is C21H30F3N3O5. The number of aliphatic carboxylic acids is 1. The van der Waals surface area contributed by atoms with Crippen molar-refractivity contribution in [3.05, 3.63) is 24.3 Å². The number of carboxylic acid groups (broad SMARTS) is 1. The molecule has 2 aliphatic heterocycles. The lowest BCUT2D eigenvalue weighted by Crippen LogP contribution is -2.54. The fraction of sp³-hybridized carbons (Fsp3) is 0.619.